The fraction of sp³-hybridized carbons (Fsp3) is 0.115. The fourth-order valence-electron chi connectivity index (χ4n) is 3.70. The number of carbonyl (C=O) groups is 3. The van der Waals surface area contributed by atoms with Gasteiger partial charge >= 0.3 is 0 Å². The van der Waals surface area contributed by atoms with Crippen molar-refractivity contribution in [3.05, 3.63) is 97.7 Å². The van der Waals surface area contributed by atoms with Crippen molar-refractivity contribution in [2.75, 3.05) is 22.6 Å². The van der Waals surface area contributed by atoms with Crippen LogP contribution in [0.4, 0.5) is 22.7 Å². The SMILES string of the molecule is COc1ccc([N+](=O)[O-])cc1NC(=O)Cc1ccc(NC2=C(Cl)C(=O)N(c3ccc(C)c(Cl)c3)C2=O)cc1. The Morgan fingerprint density at radius 2 is 1.74 bits per heavy atom. The molecule has 0 saturated heterocycles. The van der Waals surface area contributed by atoms with Gasteiger partial charge in [-0.15, -0.1) is 0 Å². The number of ether oxygens (including phenoxy) is 1. The third-order valence-electron chi connectivity index (χ3n) is 5.70. The number of methoxy groups -OCH3 is 1. The molecular weight excluding hydrogens is 535 g/mol. The minimum absolute atomic E-state index is 0.0328. The average molecular weight is 555 g/mol. The predicted molar refractivity (Wildman–Crippen MR) is 144 cm³/mol. The number of hydrogen-bond donors (Lipinski definition) is 2. The first kappa shape index (κ1) is 26.6. The first-order chi connectivity index (χ1) is 18.1. The standard InChI is InChI=1S/C26H20Cl2N4O6/c1-14-3-8-17(12-19(14)27)31-25(34)23(28)24(26(31)35)29-16-6-4-15(5-7-16)11-22(33)30-20-13-18(32(36)37)9-10-21(20)38-2/h3-10,12-13,29H,11H2,1-2H3,(H,30,33). The largest absolute Gasteiger partial charge is 0.495 e. The number of hydrogen-bond acceptors (Lipinski definition) is 7. The zero-order valence-electron chi connectivity index (χ0n) is 20.1. The molecule has 38 heavy (non-hydrogen) atoms. The molecule has 1 aliphatic rings. The fourth-order valence-corrected chi connectivity index (χ4v) is 4.09. The van der Waals surface area contributed by atoms with E-state index < -0.39 is 22.6 Å². The zero-order chi connectivity index (χ0) is 27.6. The summed E-state index contributed by atoms with van der Waals surface area (Å²) in [6.45, 7) is 1.80. The molecule has 3 aromatic carbocycles. The van der Waals surface area contributed by atoms with E-state index in [1.807, 2.05) is 0 Å². The van der Waals surface area contributed by atoms with Crippen LogP contribution in [0.5, 0.6) is 5.75 Å². The number of nitro groups is 1. The number of amides is 3. The van der Waals surface area contributed by atoms with E-state index in [2.05, 4.69) is 10.6 Å². The van der Waals surface area contributed by atoms with Crippen LogP contribution in [-0.4, -0.2) is 29.8 Å². The Morgan fingerprint density at radius 1 is 1.03 bits per heavy atom. The molecule has 0 radical (unpaired) electrons. The maximum atomic E-state index is 13.0. The Balaban J connectivity index is 1.44. The summed E-state index contributed by atoms with van der Waals surface area (Å²) < 4.78 is 5.16. The van der Waals surface area contributed by atoms with E-state index in [1.54, 1.807) is 43.3 Å². The molecule has 0 aromatic heterocycles. The third-order valence-corrected chi connectivity index (χ3v) is 6.45. The predicted octanol–water partition coefficient (Wildman–Crippen LogP) is 5.18. The van der Waals surface area contributed by atoms with Crippen molar-refractivity contribution in [2.45, 2.75) is 13.3 Å². The molecule has 194 valence electrons. The van der Waals surface area contributed by atoms with E-state index >= 15 is 0 Å². The lowest BCUT2D eigenvalue weighted by atomic mass is 10.1. The maximum Gasteiger partial charge on any atom is 0.283 e. The summed E-state index contributed by atoms with van der Waals surface area (Å²) in [4.78, 5) is 49.6. The number of nitrogens with one attached hydrogen (secondary N) is 2. The van der Waals surface area contributed by atoms with Crippen LogP contribution in [0.2, 0.25) is 5.02 Å². The second-order valence-corrected chi connectivity index (χ2v) is 9.04. The van der Waals surface area contributed by atoms with Gasteiger partial charge in [-0.2, -0.15) is 0 Å². The van der Waals surface area contributed by atoms with E-state index in [4.69, 9.17) is 27.9 Å². The number of aryl methyl sites for hydroxylation is 1. The smallest absolute Gasteiger partial charge is 0.283 e. The van der Waals surface area contributed by atoms with E-state index in [-0.39, 0.29) is 34.3 Å². The second kappa shape index (κ2) is 10.9. The number of anilines is 3. The maximum absolute atomic E-state index is 13.0. The summed E-state index contributed by atoms with van der Waals surface area (Å²) in [6.07, 6.45) is -0.0328. The van der Waals surface area contributed by atoms with Crippen LogP contribution in [0.1, 0.15) is 11.1 Å². The summed E-state index contributed by atoms with van der Waals surface area (Å²) in [5, 5.41) is 16.7. The van der Waals surface area contributed by atoms with Gasteiger partial charge in [0.25, 0.3) is 17.5 Å². The molecule has 0 spiro atoms. The van der Waals surface area contributed by atoms with Gasteiger partial charge in [0.05, 0.1) is 29.8 Å². The zero-order valence-corrected chi connectivity index (χ0v) is 21.6. The molecule has 1 heterocycles. The van der Waals surface area contributed by atoms with E-state index in [0.717, 1.165) is 10.5 Å². The third kappa shape index (κ3) is 5.46. The Bertz CT molecular complexity index is 1500. The summed E-state index contributed by atoms with van der Waals surface area (Å²) in [6, 6.07) is 15.3. The van der Waals surface area contributed by atoms with Crippen LogP contribution in [0.3, 0.4) is 0 Å². The average Bonchev–Trinajstić information content (AvgIpc) is 3.09. The quantitative estimate of drug-likeness (QED) is 0.222. The lowest BCUT2D eigenvalue weighted by Crippen LogP contribution is -2.32. The van der Waals surface area contributed by atoms with Gasteiger partial charge in [0.1, 0.15) is 16.5 Å². The highest BCUT2D eigenvalue weighted by molar-refractivity contribution is 6.53. The van der Waals surface area contributed by atoms with Gasteiger partial charge in [0.15, 0.2) is 0 Å². The Morgan fingerprint density at radius 3 is 2.37 bits per heavy atom. The van der Waals surface area contributed by atoms with Crippen molar-refractivity contribution in [1.29, 1.82) is 0 Å². The molecule has 10 nitrogen and oxygen atoms in total. The molecule has 0 fully saturated rings. The number of benzene rings is 3. The molecule has 3 amide bonds. The van der Waals surface area contributed by atoms with E-state index in [1.165, 1.54) is 31.4 Å². The molecular formula is C26H20Cl2N4O6. The van der Waals surface area contributed by atoms with Crippen LogP contribution < -0.4 is 20.3 Å². The number of rotatable bonds is 8. The second-order valence-electron chi connectivity index (χ2n) is 8.26. The first-order valence-corrected chi connectivity index (χ1v) is 11.9. The van der Waals surface area contributed by atoms with Crippen molar-refractivity contribution >= 4 is 63.7 Å². The van der Waals surface area contributed by atoms with Crippen molar-refractivity contribution in [1.82, 2.24) is 0 Å². The van der Waals surface area contributed by atoms with Gasteiger partial charge in [0.2, 0.25) is 5.91 Å². The lowest BCUT2D eigenvalue weighted by molar-refractivity contribution is -0.384. The number of non-ortho nitro benzene ring substituents is 1. The molecule has 0 saturated carbocycles. The monoisotopic (exact) mass is 554 g/mol. The molecule has 0 unspecified atom stereocenters. The van der Waals surface area contributed by atoms with Gasteiger partial charge in [0, 0.05) is 22.8 Å². The normalized spacial score (nSPS) is 13.1. The van der Waals surface area contributed by atoms with Gasteiger partial charge < -0.3 is 15.4 Å². The summed E-state index contributed by atoms with van der Waals surface area (Å²) in [5.41, 5.74) is 2.09. The number of carbonyl (C=O) groups excluding carboxylic acids is 3. The van der Waals surface area contributed by atoms with Crippen molar-refractivity contribution in [3.8, 4) is 5.75 Å². The highest BCUT2D eigenvalue weighted by atomic mass is 35.5. The van der Waals surface area contributed by atoms with Crippen molar-refractivity contribution in [2.24, 2.45) is 0 Å². The lowest BCUT2D eigenvalue weighted by Gasteiger charge is -2.16. The molecule has 0 atom stereocenters. The Hall–Kier alpha value is -4.41. The van der Waals surface area contributed by atoms with Crippen molar-refractivity contribution < 1.29 is 24.0 Å². The van der Waals surface area contributed by atoms with Gasteiger partial charge in [-0.05, 0) is 48.4 Å². The van der Waals surface area contributed by atoms with Crippen LogP contribution in [0.15, 0.2) is 71.4 Å². The molecule has 0 aliphatic carbocycles. The Labute approximate surface area is 226 Å². The van der Waals surface area contributed by atoms with Crippen LogP contribution in [0, 0.1) is 17.0 Å². The van der Waals surface area contributed by atoms with Crippen LogP contribution in [-0.2, 0) is 20.8 Å². The first-order valence-electron chi connectivity index (χ1n) is 11.1. The van der Waals surface area contributed by atoms with E-state index in [0.29, 0.717) is 22.0 Å². The molecule has 4 rings (SSSR count). The summed E-state index contributed by atoms with van der Waals surface area (Å²) in [5.74, 6) is -1.44. The molecule has 12 heteroatoms. The number of imide groups is 1. The minimum Gasteiger partial charge on any atom is -0.495 e. The van der Waals surface area contributed by atoms with Gasteiger partial charge in [-0.25, -0.2) is 4.90 Å². The van der Waals surface area contributed by atoms with Crippen LogP contribution >= 0.6 is 23.2 Å². The highest BCUT2D eigenvalue weighted by Crippen LogP contribution is 2.32. The number of nitro benzene ring substituents is 1. The van der Waals surface area contributed by atoms with Crippen molar-refractivity contribution in [3.63, 3.8) is 0 Å². The molecule has 2 N–H and O–H groups in total. The summed E-state index contributed by atoms with van der Waals surface area (Å²) >= 11 is 12.3. The molecule has 0 bridgehead atoms. The summed E-state index contributed by atoms with van der Waals surface area (Å²) in [7, 11) is 1.39. The number of nitrogens with zero attached hydrogens (tertiary/aromatic N) is 2. The van der Waals surface area contributed by atoms with E-state index in [9.17, 15) is 24.5 Å². The Kier molecular flexibility index (Phi) is 7.65. The van der Waals surface area contributed by atoms with Crippen LogP contribution in [0.25, 0.3) is 0 Å². The van der Waals surface area contributed by atoms with Gasteiger partial charge in [-0.3, -0.25) is 24.5 Å². The molecule has 1 aliphatic heterocycles. The minimum atomic E-state index is -0.677. The highest BCUT2D eigenvalue weighted by Gasteiger charge is 2.39. The molecule has 3 aromatic rings. The topological polar surface area (TPSA) is 131 Å². The number of halogens is 2. The van der Waals surface area contributed by atoms with Gasteiger partial charge in [-0.1, -0.05) is 41.4 Å².